The van der Waals surface area contributed by atoms with E-state index in [0.717, 1.165) is 0 Å². The van der Waals surface area contributed by atoms with E-state index in [1.54, 1.807) is 55.6 Å². The first-order chi connectivity index (χ1) is 15.3. The fraction of sp³-hybridized carbons (Fsp3) is 0.174. The Labute approximate surface area is 192 Å². The van der Waals surface area contributed by atoms with E-state index in [2.05, 4.69) is 10.0 Å². The number of ether oxygens (including phenoxy) is 2. The molecule has 0 spiro atoms. The van der Waals surface area contributed by atoms with Gasteiger partial charge in [-0.2, -0.15) is 0 Å². The number of hydrogen-bond donors (Lipinski definition) is 2. The predicted molar refractivity (Wildman–Crippen MR) is 125 cm³/mol. The lowest BCUT2D eigenvalue weighted by atomic mass is 10.2. The van der Waals surface area contributed by atoms with Crippen LogP contribution in [0.2, 0.25) is 5.02 Å². The van der Waals surface area contributed by atoms with Crippen molar-refractivity contribution in [2.24, 2.45) is 0 Å². The van der Waals surface area contributed by atoms with Gasteiger partial charge in [-0.1, -0.05) is 36.7 Å². The zero-order chi connectivity index (χ0) is 23.1. The molecule has 0 saturated heterocycles. The van der Waals surface area contributed by atoms with Gasteiger partial charge in [0.1, 0.15) is 11.5 Å². The molecule has 0 heterocycles. The molecule has 0 bridgehead atoms. The maximum Gasteiger partial charge on any atom is 0.265 e. The molecule has 1 amide bonds. The van der Waals surface area contributed by atoms with Crippen molar-refractivity contribution in [1.82, 2.24) is 0 Å². The number of halogens is 1. The van der Waals surface area contributed by atoms with Crippen molar-refractivity contribution in [3.05, 3.63) is 77.8 Å². The number of sulfonamides is 1. The normalized spacial score (nSPS) is 12.0. The highest BCUT2D eigenvalue weighted by Crippen LogP contribution is 2.25. The lowest BCUT2D eigenvalue weighted by Crippen LogP contribution is -2.32. The van der Waals surface area contributed by atoms with Crippen LogP contribution in [0, 0.1) is 0 Å². The molecular formula is C23H23ClN2O5S. The second-order valence-corrected chi connectivity index (χ2v) is 8.88. The summed E-state index contributed by atoms with van der Waals surface area (Å²) in [6.07, 6.45) is -0.288. The Kier molecular flexibility index (Phi) is 7.61. The molecule has 0 fully saturated rings. The van der Waals surface area contributed by atoms with Crippen molar-refractivity contribution in [3.8, 4) is 11.5 Å². The Bertz CT molecular complexity index is 1180. The molecule has 0 aliphatic heterocycles. The first-order valence-electron chi connectivity index (χ1n) is 9.81. The Hall–Kier alpha value is -3.23. The van der Waals surface area contributed by atoms with Crippen LogP contribution in [0.3, 0.4) is 0 Å². The van der Waals surface area contributed by atoms with Gasteiger partial charge in [-0.15, -0.1) is 0 Å². The second kappa shape index (κ2) is 10.4. The largest absolute Gasteiger partial charge is 0.497 e. The van der Waals surface area contributed by atoms with Crippen molar-refractivity contribution < 1.29 is 22.7 Å². The molecule has 3 aromatic carbocycles. The minimum Gasteiger partial charge on any atom is -0.497 e. The first kappa shape index (κ1) is 23.4. The van der Waals surface area contributed by atoms with Gasteiger partial charge in [0.15, 0.2) is 6.10 Å². The number of amides is 1. The zero-order valence-electron chi connectivity index (χ0n) is 17.5. The summed E-state index contributed by atoms with van der Waals surface area (Å²) in [5.74, 6) is 0.790. The van der Waals surface area contributed by atoms with E-state index in [1.807, 2.05) is 6.92 Å². The van der Waals surface area contributed by atoms with Crippen LogP contribution in [-0.2, 0) is 14.8 Å². The number of para-hydroxylation sites is 1. The van der Waals surface area contributed by atoms with Gasteiger partial charge in [-0.05, 0) is 55.0 Å². The predicted octanol–water partition coefficient (Wildman–Crippen LogP) is 4.95. The molecule has 3 aromatic rings. The summed E-state index contributed by atoms with van der Waals surface area (Å²) in [6.45, 7) is 1.83. The van der Waals surface area contributed by atoms with Gasteiger partial charge in [0.2, 0.25) is 0 Å². The smallest absolute Gasteiger partial charge is 0.265 e. The third-order valence-electron chi connectivity index (χ3n) is 4.53. The van der Waals surface area contributed by atoms with Crippen molar-refractivity contribution >= 4 is 38.9 Å². The van der Waals surface area contributed by atoms with Crippen LogP contribution in [0.4, 0.5) is 11.4 Å². The molecule has 2 N–H and O–H groups in total. The third kappa shape index (κ3) is 5.93. The van der Waals surface area contributed by atoms with Crippen LogP contribution in [0.15, 0.2) is 77.7 Å². The molecule has 7 nitrogen and oxygen atoms in total. The lowest BCUT2D eigenvalue weighted by molar-refractivity contribution is -0.122. The molecule has 0 aliphatic carbocycles. The van der Waals surface area contributed by atoms with Gasteiger partial charge < -0.3 is 14.8 Å². The van der Waals surface area contributed by atoms with E-state index in [9.17, 15) is 13.2 Å². The van der Waals surface area contributed by atoms with Gasteiger partial charge in [0.05, 0.1) is 22.7 Å². The van der Waals surface area contributed by atoms with Crippen molar-refractivity contribution in [2.75, 3.05) is 17.1 Å². The van der Waals surface area contributed by atoms with E-state index in [-0.39, 0.29) is 16.5 Å². The zero-order valence-corrected chi connectivity index (χ0v) is 19.1. The SMILES string of the molecule is CCC(Oc1cccc(OC)c1)C(=O)Nc1ccc(S(=O)(=O)Nc2ccccc2Cl)cc1. The summed E-state index contributed by atoms with van der Waals surface area (Å²) >= 11 is 6.03. The third-order valence-corrected chi connectivity index (χ3v) is 6.24. The number of benzene rings is 3. The molecule has 3 rings (SSSR count). The van der Waals surface area contributed by atoms with Crippen LogP contribution < -0.4 is 19.5 Å². The van der Waals surface area contributed by atoms with E-state index in [0.29, 0.717) is 28.6 Å². The first-order valence-corrected chi connectivity index (χ1v) is 11.7. The highest BCUT2D eigenvalue weighted by molar-refractivity contribution is 7.92. The highest BCUT2D eigenvalue weighted by Gasteiger charge is 2.20. The summed E-state index contributed by atoms with van der Waals surface area (Å²) in [5, 5.41) is 3.04. The van der Waals surface area contributed by atoms with Gasteiger partial charge in [0.25, 0.3) is 15.9 Å². The Morgan fingerprint density at radius 2 is 1.69 bits per heavy atom. The number of hydrogen-bond acceptors (Lipinski definition) is 5. The number of anilines is 2. The van der Waals surface area contributed by atoms with Crippen molar-refractivity contribution in [2.45, 2.75) is 24.3 Å². The van der Waals surface area contributed by atoms with E-state index in [4.69, 9.17) is 21.1 Å². The number of methoxy groups -OCH3 is 1. The van der Waals surface area contributed by atoms with Crippen LogP contribution in [0.25, 0.3) is 0 Å². The topological polar surface area (TPSA) is 93.7 Å². The lowest BCUT2D eigenvalue weighted by Gasteiger charge is -2.18. The molecule has 0 aromatic heterocycles. The summed E-state index contributed by atoms with van der Waals surface area (Å²) < 4.78 is 38.6. The number of nitrogens with one attached hydrogen (secondary N) is 2. The molecule has 1 atom stereocenters. The van der Waals surface area contributed by atoms with Gasteiger partial charge in [-0.25, -0.2) is 8.42 Å². The molecule has 9 heteroatoms. The van der Waals surface area contributed by atoms with E-state index < -0.39 is 16.1 Å². The summed E-state index contributed by atoms with van der Waals surface area (Å²) in [4.78, 5) is 12.7. The highest BCUT2D eigenvalue weighted by atomic mass is 35.5. The van der Waals surface area contributed by atoms with Crippen molar-refractivity contribution in [3.63, 3.8) is 0 Å². The average molecular weight is 475 g/mol. The molecule has 32 heavy (non-hydrogen) atoms. The summed E-state index contributed by atoms with van der Waals surface area (Å²) in [7, 11) is -2.28. The molecule has 1 unspecified atom stereocenters. The molecule has 0 radical (unpaired) electrons. The van der Waals surface area contributed by atoms with E-state index >= 15 is 0 Å². The minimum absolute atomic E-state index is 0.0371. The average Bonchev–Trinajstić information content (AvgIpc) is 2.79. The maximum atomic E-state index is 12.7. The Morgan fingerprint density at radius 3 is 2.34 bits per heavy atom. The summed E-state index contributed by atoms with van der Waals surface area (Å²) in [6, 6.07) is 19.4. The molecular weight excluding hydrogens is 452 g/mol. The van der Waals surface area contributed by atoms with Crippen molar-refractivity contribution in [1.29, 1.82) is 0 Å². The molecule has 0 aliphatic rings. The quantitative estimate of drug-likeness (QED) is 0.458. The molecule has 0 saturated carbocycles. The van der Waals surface area contributed by atoms with Crippen LogP contribution >= 0.6 is 11.6 Å². The number of carbonyl (C=O) groups excluding carboxylic acids is 1. The van der Waals surface area contributed by atoms with Gasteiger partial charge >= 0.3 is 0 Å². The molecule has 168 valence electrons. The monoisotopic (exact) mass is 474 g/mol. The number of rotatable bonds is 9. The maximum absolute atomic E-state index is 12.7. The van der Waals surface area contributed by atoms with Gasteiger partial charge in [-0.3, -0.25) is 9.52 Å². The standard InChI is InChI=1S/C23H23ClN2O5S/c1-3-22(31-18-8-6-7-17(15-18)30-2)23(27)25-16-11-13-19(14-12-16)32(28,29)26-21-10-5-4-9-20(21)24/h4-15,22,26H,3H2,1-2H3,(H,25,27). The van der Waals surface area contributed by atoms with Crippen LogP contribution in [0.1, 0.15) is 13.3 Å². The van der Waals surface area contributed by atoms with Gasteiger partial charge in [0, 0.05) is 11.8 Å². The number of carbonyl (C=O) groups is 1. The van der Waals surface area contributed by atoms with E-state index in [1.165, 1.54) is 24.3 Å². The second-order valence-electron chi connectivity index (χ2n) is 6.79. The fourth-order valence-corrected chi connectivity index (χ4v) is 4.17. The van der Waals surface area contributed by atoms with Crippen LogP contribution in [-0.4, -0.2) is 27.5 Å². The van der Waals surface area contributed by atoms with Crippen LogP contribution in [0.5, 0.6) is 11.5 Å². The fourth-order valence-electron chi connectivity index (χ4n) is 2.85. The summed E-state index contributed by atoms with van der Waals surface area (Å²) in [5.41, 5.74) is 0.728. The Balaban J connectivity index is 1.67. The minimum atomic E-state index is -3.83. The Morgan fingerprint density at radius 1 is 1.00 bits per heavy atom.